The van der Waals surface area contributed by atoms with Gasteiger partial charge in [-0.25, -0.2) is 0 Å². The van der Waals surface area contributed by atoms with Crippen LogP contribution in [0.15, 0.2) is 36.5 Å². The van der Waals surface area contributed by atoms with E-state index in [0.29, 0.717) is 5.02 Å². The van der Waals surface area contributed by atoms with Gasteiger partial charge in [0.25, 0.3) is 0 Å². The third-order valence-electron chi connectivity index (χ3n) is 4.35. The summed E-state index contributed by atoms with van der Waals surface area (Å²) >= 11 is 5.84. The number of fused-ring (bicyclic) bond motifs is 1. The number of aromatic hydroxyl groups is 1. The molecule has 1 aliphatic rings. The molecule has 120 valence electrons. The molecule has 5 heteroatoms. The zero-order chi connectivity index (χ0) is 16.4. The Morgan fingerprint density at radius 2 is 2.22 bits per heavy atom. The lowest BCUT2D eigenvalue weighted by atomic mass is 9.81. The highest BCUT2D eigenvalue weighted by molar-refractivity contribution is 6.30. The second kappa shape index (κ2) is 6.59. The molecule has 23 heavy (non-hydrogen) atoms. The second-order valence-corrected chi connectivity index (χ2v) is 6.36. The summed E-state index contributed by atoms with van der Waals surface area (Å²) in [4.78, 5) is 16.9. The summed E-state index contributed by atoms with van der Waals surface area (Å²) in [6.45, 7) is 1.90. The third-order valence-corrected chi connectivity index (χ3v) is 4.58. The first-order chi connectivity index (χ1) is 11.1. The molecule has 0 spiro atoms. The van der Waals surface area contributed by atoms with Crippen LogP contribution in [0, 0.1) is 0 Å². The van der Waals surface area contributed by atoms with E-state index in [1.807, 2.05) is 19.1 Å². The van der Waals surface area contributed by atoms with E-state index in [0.717, 1.165) is 36.1 Å². The molecular formula is C18H19ClN2O2. The Morgan fingerprint density at radius 1 is 1.39 bits per heavy atom. The Hall–Kier alpha value is -2.07. The fraction of sp³-hybridized carbons (Fsp3) is 0.333. The smallest absolute Gasteiger partial charge is 0.228 e. The number of carbonyl (C=O) groups excluding carboxylic acids is 1. The molecule has 1 aliphatic carbocycles. The van der Waals surface area contributed by atoms with Gasteiger partial charge in [-0.2, -0.15) is 0 Å². The minimum absolute atomic E-state index is 0.0270. The topological polar surface area (TPSA) is 62.2 Å². The molecule has 1 amide bonds. The zero-order valence-electron chi connectivity index (χ0n) is 12.9. The van der Waals surface area contributed by atoms with Crippen molar-refractivity contribution in [3.05, 3.63) is 58.4 Å². The highest BCUT2D eigenvalue weighted by Gasteiger charge is 2.28. The van der Waals surface area contributed by atoms with Gasteiger partial charge in [0, 0.05) is 6.20 Å². The predicted octanol–water partition coefficient (Wildman–Crippen LogP) is 3.74. The van der Waals surface area contributed by atoms with Crippen molar-refractivity contribution < 1.29 is 9.90 Å². The maximum absolute atomic E-state index is 12.7. The second-order valence-electron chi connectivity index (χ2n) is 5.92. The van der Waals surface area contributed by atoms with Crippen LogP contribution >= 0.6 is 11.6 Å². The number of pyridine rings is 1. The van der Waals surface area contributed by atoms with E-state index in [-0.39, 0.29) is 23.6 Å². The van der Waals surface area contributed by atoms with Gasteiger partial charge in [0.15, 0.2) is 0 Å². The van der Waals surface area contributed by atoms with Crippen molar-refractivity contribution >= 4 is 17.5 Å². The lowest BCUT2D eigenvalue weighted by Crippen LogP contribution is -2.33. The number of amides is 1. The fourth-order valence-electron chi connectivity index (χ4n) is 3.13. The average molecular weight is 331 g/mol. The van der Waals surface area contributed by atoms with Crippen molar-refractivity contribution in [2.24, 2.45) is 0 Å². The van der Waals surface area contributed by atoms with E-state index in [2.05, 4.69) is 10.3 Å². The van der Waals surface area contributed by atoms with Crippen molar-refractivity contribution in [3.63, 3.8) is 0 Å². The number of nitrogens with zero attached hydrogens (tertiary/aromatic N) is 1. The number of hydrogen-bond donors (Lipinski definition) is 2. The number of halogens is 1. The molecule has 1 heterocycles. The summed E-state index contributed by atoms with van der Waals surface area (Å²) in [7, 11) is 0. The van der Waals surface area contributed by atoms with Crippen LogP contribution in [0.5, 0.6) is 5.75 Å². The van der Waals surface area contributed by atoms with E-state index >= 15 is 0 Å². The Morgan fingerprint density at radius 3 is 2.96 bits per heavy atom. The summed E-state index contributed by atoms with van der Waals surface area (Å²) in [5.74, 6) is 0.0359. The van der Waals surface area contributed by atoms with Crippen LogP contribution in [0.4, 0.5) is 0 Å². The summed E-state index contributed by atoms with van der Waals surface area (Å²) in [5, 5.41) is 13.6. The lowest BCUT2D eigenvalue weighted by molar-refractivity contribution is -0.123. The summed E-state index contributed by atoms with van der Waals surface area (Å²) in [6, 6.07) is 8.80. The van der Waals surface area contributed by atoms with E-state index in [4.69, 9.17) is 11.6 Å². The van der Waals surface area contributed by atoms with Crippen LogP contribution in [0.25, 0.3) is 0 Å². The SMILES string of the molecule is C[C@H](NC(=O)C1CCCc2c(O)cccc21)c1ccc(Cl)cn1. The summed E-state index contributed by atoms with van der Waals surface area (Å²) in [6.07, 6.45) is 4.09. The predicted molar refractivity (Wildman–Crippen MR) is 89.6 cm³/mol. The normalized spacial score (nSPS) is 18.1. The van der Waals surface area contributed by atoms with Crippen LogP contribution in [-0.4, -0.2) is 16.0 Å². The largest absolute Gasteiger partial charge is 0.508 e. The molecule has 2 atom stereocenters. The van der Waals surface area contributed by atoms with Gasteiger partial charge in [-0.05, 0) is 55.5 Å². The molecule has 1 unspecified atom stereocenters. The van der Waals surface area contributed by atoms with Gasteiger partial charge in [0.1, 0.15) is 5.75 Å². The molecule has 0 saturated heterocycles. The molecule has 0 radical (unpaired) electrons. The highest BCUT2D eigenvalue weighted by Crippen LogP contribution is 2.36. The lowest BCUT2D eigenvalue weighted by Gasteiger charge is -2.26. The standard InChI is InChI=1S/C18H19ClN2O2/c1-11(16-9-8-12(19)10-20-16)21-18(23)15-6-2-5-14-13(15)4-3-7-17(14)22/h3-4,7-11,15,22H,2,5-6H2,1H3,(H,21,23)/t11-,15?/m0/s1. The van der Waals surface area contributed by atoms with Gasteiger partial charge < -0.3 is 10.4 Å². The molecule has 1 aromatic heterocycles. The molecule has 4 nitrogen and oxygen atoms in total. The van der Waals surface area contributed by atoms with Crippen molar-refractivity contribution in [2.75, 3.05) is 0 Å². The maximum atomic E-state index is 12.7. The Balaban J connectivity index is 1.77. The van der Waals surface area contributed by atoms with Gasteiger partial charge in [0.05, 0.1) is 22.7 Å². The van der Waals surface area contributed by atoms with Crippen molar-refractivity contribution in [1.29, 1.82) is 0 Å². The number of nitrogens with one attached hydrogen (secondary N) is 1. The molecular weight excluding hydrogens is 312 g/mol. The van der Waals surface area contributed by atoms with E-state index in [9.17, 15) is 9.90 Å². The molecule has 2 N–H and O–H groups in total. The van der Waals surface area contributed by atoms with Crippen LogP contribution in [0.2, 0.25) is 5.02 Å². The third kappa shape index (κ3) is 3.32. The molecule has 0 aliphatic heterocycles. The van der Waals surface area contributed by atoms with Gasteiger partial charge in [-0.3, -0.25) is 9.78 Å². The van der Waals surface area contributed by atoms with Crippen LogP contribution in [0.3, 0.4) is 0 Å². The quantitative estimate of drug-likeness (QED) is 0.901. The summed E-state index contributed by atoms with van der Waals surface area (Å²) < 4.78 is 0. The monoisotopic (exact) mass is 330 g/mol. The fourth-order valence-corrected chi connectivity index (χ4v) is 3.24. The first-order valence-corrected chi connectivity index (χ1v) is 8.16. The Kier molecular flexibility index (Phi) is 4.53. The van der Waals surface area contributed by atoms with Gasteiger partial charge in [-0.15, -0.1) is 0 Å². The number of phenols is 1. The molecule has 0 bridgehead atoms. The maximum Gasteiger partial charge on any atom is 0.228 e. The number of hydrogen-bond acceptors (Lipinski definition) is 3. The molecule has 0 saturated carbocycles. The van der Waals surface area contributed by atoms with Crippen LogP contribution in [-0.2, 0) is 11.2 Å². The van der Waals surface area contributed by atoms with Gasteiger partial charge in [0.2, 0.25) is 5.91 Å². The Bertz CT molecular complexity index is 715. The molecule has 2 aromatic rings. The van der Waals surface area contributed by atoms with Gasteiger partial charge in [-0.1, -0.05) is 23.7 Å². The van der Waals surface area contributed by atoms with E-state index < -0.39 is 0 Å². The first-order valence-electron chi connectivity index (χ1n) is 7.79. The van der Waals surface area contributed by atoms with E-state index in [1.165, 1.54) is 0 Å². The number of rotatable bonds is 3. The van der Waals surface area contributed by atoms with Crippen molar-refractivity contribution in [3.8, 4) is 5.75 Å². The van der Waals surface area contributed by atoms with Gasteiger partial charge >= 0.3 is 0 Å². The average Bonchev–Trinajstić information content (AvgIpc) is 2.55. The Labute approximate surface area is 140 Å². The summed E-state index contributed by atoms with van der Waals surface area (Å²) in [5.41, 5.74) is 2.61. The van der Waals surface area contributed by atoms with Crippen molar-refractivity contribution in [1.82, 2.24) is 10.3 Å². The highest BCUT2D eigenvalue weighted by atomic mass is 35.5. The first kappa shape index (κ1) is 15.8. The van der Waals surface area contributed by atoms with E-state index in [1.54, 1.807) is 24.4 Å². The number of aromatic nitrogens is 1. The minimum Gasteiger partial charge on any atom is -0.508 e. The molecule has 0 fully saturated rings. The minimum atomic E-state index is -0.222. The molecule has 3 rings (SSSR count). The van der Waals surface area contributed by atoms with Crippen molar-refractivity contribution in [2.45, 2.75) is 38.1 Å². The van der Waals surface area contributed by atoms with Crippen LogP contribution in [0.1, 0.15) is 48.5 Å². The number of carbonyl (C=O) groups is 1. The van der Waals surface area contributed by atoms with Crippen LogP contribution < -0.4 is 5.32 Å². The zero-order valence-corrected chi connectivity index (χ0v) is 13.7. The number of benzene rings is 1. The number of phenolic OH excluding ortho intramolecular Hbond substituents is 1. The molecule has 1 aromatic carbocycles.